The van der Waals surface area contributed by atoms with E-state index in [9.17, 15) is 52.6 Å². The molecule has 16 nitrogen and oxygen atoms in total. The number of benzene rings is 9. The third-order valence-electron chi connectivity index (χ3n) is 29.9. The molecule has 2 unspecified atom stereocenters. The van der Waals surface area contributed by atoms with Gasteiger partial charge in [-0.1, -0.05) is 135 Å². The Morgan fingerprint density at radius 2 is 0.795 bits per heavy atom. The molecule has 12 atom stereocenters. The summed E-state index contributed by atoms with van der Waals surface area (Å²) in [5.41, 5.74) is 18.4. The van der Waals surface area contributed by atoms with E-state index in [4.69, 9.17) is 9.47 Å². The first kappa shape index (κ1) is 90.1. The van der Waals surface area contributed by atoms with E-state index in [1.54, 1.807) is 96.9 Å². The molecule has 8 aliphatic carbocycles. The highest BCUT2D eigenvalue weighted by atomic mass is 19.2. The lowest BCUT2D eigenvalue weighted by Gasteiger charge is -2.52. The summed E-state index contributed by atoms with van der Waals surface area (Å²) in [6.07, 6.45) is 26.7. The quantitative estimate of drug-likeness (QED) is 0.0443. The highest BCUT2D eigenvalue weighted by Gasteiger charge is 2.59. The van der Waals surface area contributed by atoms with Gasteiger partial charge in [0.15, 0.2) is 11.6 Å². The molecule has 0 radical (unpaired) electrons. The Morgan fingerprint density at radius 3 is 1.21 bits per heavy atom. The third kappa shape index (κ3) is 17.6. The van der Waals surface area contributed by atoms with Gasteiger partial charge >= 0.3 is 0 Å². The van der Waals surface area contributed by atoms with Gasteiger partial charge in [-0.2, -0.15) is 20.4 Å². The van der Waals surface area contributed by atoms with Crippen molar-refractivity contribution < 1.29 is 66.5 Å². The predicted octanol–water partition coefficient (Wildman–Crippen LogP) is 22.9. The molecule has 8 aliphatic rings. The number of hydrogen-bond acceptors (Lipinski definition) is 12. The Labute approximate surface area is 765 Å². The minimum atomic E-state index is -1.72. The predicted molar refractivity (Wildman–Crippen MR) is 498 cm³/mol. The van der Waals surface area contributed by atoms with Crippen LogP contribution in [-0.2, 0) is 45.3 Å². The first-order chi connectivity index (χ1) is 63.7. The Kier molecular flexibility index (Phi) is 25.5. The van der Waals surface area contributed by atoms with Gasteiger partial charge in [0.25, 0.3) is 0 Å². The summed E-state index contributed by atoms with van der Waals surface area (Å²) in [6.45, 7) is 8.85. The summed E-state index contributed by atoms with van der Waals surface area (Å²) >= 11 is 0. The molecule has 22 heteroatoms. The van der Waals surface area contributed by atoms with E-state index in [2.05, 4.69) is 59.4 Å². The second kappa shape index (κ2) is 37.3. The average Bonchev–Trinajstić information content (AvgIpc) is 1.26. The molecule has 132 heavy (non-hydrogen) atoms. The van der Waals surface area contributed by atoms with E-state index in [1.807, 2.05) is 131 Å². The number of aromatic nitrogens is 8. The van der Waals surface area contributed by atoms with Gasteiger partial charge in [0.1, 0.15) is 47.0 Å². The molecular formula is C110H110F6N8O8. The lowest BCUT2D eigenvalue weighted by molar-refractivity contribution is -0.0975. The van der Waals surface area contributed by atoms with E-state index >= 15 is 4.39 Å². The maximum atomic E-state index is 16.7. The number of rotatable bonds is 18. The van der Waals surface area contributed by atoms with Crippen LogP contribution in [-0.4, -0.2) is 88.6 Å². The van der Waals surface area contributed by atoms with Gasteiger partial charge in [-0.3, -0.25) is 0 Å². The zero-order valence-corrected chi connectivity index (χ0v) is 74.7. The minimum absolute atomic E-state index is 0.0282. The fraction of sp³-hybridized carbons (Fsp3) is 0.327. The van der Waals surface area contributed by atoms with Crippen LogP contribution in [0.25, 0.3) is 47.1 Å². The summed E-state index contributed by atoms with van der Waals surface area (Å²) in [5, 5.41) is 83.0. The number of nitrogens with zero attached hydrogens (tertiary/aromatic N) is 8. The molecule has 13 aromatic rings. The van der Waals surface area contributed by atoms with Gasteiger partial charge in [-0.15, -0.1) is 0 Å². The molecule has 4 fully saturated rings. The fourth-order valence-corrected chi connectivity index (χ4v) is 22.5. The van der Waals surface area contributed by atoms with Gasteiger partial charge in [-0.05, 0) is 350 Å². The SMILES string of the molecule is COc1ccc(COc2cc([C@H](O)C3CCCC4=Cc5c(cnn5-c5ccc(F)cc5)C[C@@]43C)ccc2F)cc1.C[C@]12Cc3cnn(-c4ccc(F)cc4)c3C=C1CCCC2(F)[C@@H](O)Cc1ccccc1.C[C@]12Cc3cnn(-c4ccc(F)cc4)c3C=C1CCC[C@@H]2[C@@H](O)c1cccc(CO)c1.C[C@]12Cc3cnn(-c4ccc(F)cc4)c3C=C1CCC[C@@H]2[C@@H](O)c1cccc(O)c1. The number of aliphatic hydroxyl groups excluding tert-OH is 5. The van der Waals surface area contributed by atoms with Crippen LogP contribution >= 0.6 is 0 Å². The molecule has 680 valence electrons. The second-order valence-corrected chi connectivity index (χ2v) is 37.8. The number of allylic oxidation sites excluding steroid dienone is 4. The third-order valence-corrected chi connectivity index (χ3v) is 29.9. The topological polar surface area (TPSA) is 211 Å². The smallest absolute Gasteiger partial charge is 0.165 e. The summed E-state index contributed by atoms with van der Waals surface area (Å²) < 4.78 is 103. The number of ether oxygens (including phenoxy) is 2. The van der Waals surface area contributed by atoms with Crippen molar-refractivity contribution in [2.45, 2.75) is 180 Å². The van der Waals surface area contributed by atoms with Crippen molar-refractivity contribution in [3.63, 3.8) is 0 Å². The van der Waals surface area contributed by atoms with Crippen LogP contribution in [0.15, 0.2) is 265 Å². The molecule has 0 spiro atoms. The van der Waals surface area contributed by atoms with Crippen LogP contribution in [0.4, 0.5) is 26.3 Å². The first-order valence-electron chi connectivity index (χ1n) is 45.9. The Balaban J connectivity index is 0.000000119. The molecule has 0 aliphatic heterocycles. The van der Waals surface area contributed by atoms with Crippen LogP contribution in [0, 0.1) is 68.5 Å². The van der Waals surface area contributed by atoms with Crippen molar-refractivity contribution in [2.24, 2.45) is 39.4 Å². The maximum absolute atomic E-state index is 16.7. The molecule has 9 aromatic carbocycles. The summed E-state index contributed by atoms with van der Waals surface area (Å²) in [5.74, 6) is -0.438. The molecule has 0 amide bonds. The zero-order chi connectivity index (χ0) is 92.0. The minimum Gasteiger partial charge on any atom is -0.508 e. The summed E-state index contributed by atoms with van der Waals surface area (Å²) in [6, 6.07) is 61.6. The van der Waals surface area contributed by atoms with E-state index in [-0.39, 0.29) is 82.0 Å². The largest absolute Gasteiger partial charge is 0.508 e. The number of aromatic hydroxyl groups is 1. The number of halogens is 6. The average molecular weight is 1790 g/mol. The van der Waals surface area contributed by atoms with Gasteiger partial charge in [-0.25, -0.2) is 45.1 Å². The molecule has 0 bridgehead atoms. The molecule has 6 N–H and O–H groups in total. The zero-order valence-electron chi connectivity index (χ0n) is 74.7. The Hall–Kier alpha value is -12.4. The van der Waals surface area contributed by atoms with E-state index in [1.165, 1.54) is 71.3 Å². The van der Waals surface area contributed by atoms with Gasteiger partial charge < -0.3 is 40.1 Å². The highest BCUT2D eigenvalue weighted by Crippen LogP contribution is 2.61. The normalized spacial score (nSPS) is 23.4. The van der Waals surface area contributed by atoms with Crippen LogP contribution in [0.2, 0.25) is 0 Å². The number of hydrogen-bond donors (Lipinski definition) is 6. The van der Waals surface area contributed by atoms with Crippen molar-refractivity contribution in [1.82, 2.24) is 39.1 Å². The summed E-state index contributed by atoms with van der Waals surface area (Å²) in [4.78, 5) is 0. The van der Waals surface area contributed by atoms with Crippen molar-refractivity contribution in [2.75, 3.05) is 7.11 Å². The number of fused-ring (bicyclic) bond motifs is 8. The summed E-state index contributed by atoms with van der Waals surface area (Å²) in [7, 11) is 1.61. The molecule has 4 saturated carbocycles. The van der Waals surface area contributed by atoms with Gasteiger partial charge in [0.2, 0.25) is 0 Å². The molecule has 4 heterocycles. The van der Waals surface area contributed by atoms with Crippen molar-refractivity contribution >= 4 is 24.3 Å². The number of methoxy groups -OCH3 is 1. The monoisotopic (exact) mass is 1780 g/mol. The van der Waals surface area contributed by atoms with Crippen LogP contribution in [0.1, 0.15) is 201 Å². The van der Waals surface area contributed by atoms with Gasteiger partial charge in [0.05, 0.1) is 108 Å². The van der Waals surface area contributed by atoms with Crippen LogP contribution in [0.3, 0.4) is 0 Å². The van der Waals surface area contributed by atoms with Crippen molar-refractivity contribution in [3.05, 3.63) is 373 Å². The number of phenols is 1. The van der Waals surface area contributed by atoms with Crippen LogP contribution in [0.5, 0.6) is 17.2 Å². The fourth-order valence-electron chi connectivity index (χ4n) is 22.5. The molecule has 21 rings (SSSR count). The standard InChI is InChI=1S/C33H32F2N2O3.C26H26F2N2O.C26H27FN2O2.C25H25FN2O2/c1-33-18-23-19-36-37(26-11-9-25(34)10-12-26)30(23)17-24(33)4-3-5-28(33)32(38)22-8-15-29(35)31(16-22)40-20-21-6-13-27(39-2)14-7-21;1-25-16-19-17-29-30(22-11-9-21(27)10-12-22)23(19)15-20(25)8-5-13-26(25,28)24(31)14-18-6-3-2-4-7-18;1-26-14-19-15-28-29(22-10-8-21(27)9-11-22)24(19)13-20(26)6-3-7-23(26)25(31)18-5-2-4-17(12-18)16-30;1-25-14-17-15-27-28(20-10-8-19(26)9-11-20)23(17)13-18(25)5-3-7-22(25)24(30)16-4-2-6-21(29)12-16/h6-17,19,28,32,38H,3-5,18,20H2,1-2H3;2-4,6-7,9-12,15,17,24,31H,5,8,13-14,16H2,1H3;2,4-5,8-13,15,23,25,30-31H,3,6-7,14,16H2,1H3;2,4,6,8-13,15,22,24,29-30H,3,5,7,14H2,1H3/t28?,32-,33-;24-,25-,26?;23-,25+,26+;22-,24+,25+/m0011/s1. The lowest BCUT2D eigenvalue weighted by atomic mass is 9.56. The van der Waals surface area contributed by atoms with Gasteiger partial charge in [0, 0.05) is 11.8 Å². The highest BCUT2D eigenvalue weighted by molar-refractivity contribution is 5.66. The Morgan fingerprint density at radius 1 is 0.409 bits per heavy atom. The molecular weight excluding hydrogens is 1680 g/mol. The van der Waals surface area contributed by atoms with E-state index < -0.39 is 41.3 Å². The first-order valence-corrected chi connectivity index (χ1v) is 45.9. The number of alkyl halides is 1. The van der Waals surface area contributed by atoms with E-state index in [0.717, 1.165) is 190 Å². The Bertz CT molecular complexity index is 6470. The van der Waals surface area contributed by atoms with E-state index in [0.29, 0.717) is 31.2 Å². The molecule has 0 saturated heterocycles. The second-order valence-electron chi connectivity index (χ2n) is 37.8. The lowest BCUT2D eigenvalue weighted by Crippen LogP contribution is -2.57. The van der Waals surface area contributed by atoms with Crippen LogP contribution < -0.4 is 9.47 Å². The number of phenolic OH excluding ortho intramolecular Hbond substituents is 1. The molecule has 4 aromatic heterocycles. The van der Waals surface area contributed by atoms with Crippen molar-refractivity contribution in [3.8, 4) is 40.0 Å². The van der Waals surface area contributed by atoms with Crippen molar-refractivity contribution in [1.29, 1.82) is 0 Å². The maximum Gasteiger partial charge on any atom is 0.165 e. The number of aliphatic hydroxyl groups is 5.